The van der Waals surface area contributed by atoms with Crippen molar-refractivity contribution in [2.45, 2.75) is 37.4 Å². The molecule has 4 rings (SSSR count). The summed E-state index contributed by atoms with van der Waals surface area (Å²) >= 11 is 2.64. The van der Waals surface area contributed by atoms with Gasteiger partial charge in [0.2, 0.25) is 5.91 Å². The third-order valence-corrected chi connectivity index (χ3v) is 7.03. The second-order valence-electron chi connectivity index (χ2n) is 7.27. The zero-order valence-corrected chi connectivity index (χ0v) is 19.7. The van der Waals surface area contributed by atoms with Gasteiger partial charge in [-0.1, -0.05) is 23.9 Å². The number of benzene rings is 1. The van der Waals surface area contributed by atoms with E-state index in [9.17, 15) is 9.59 Å². The average Bonchev–Trinajstić information content (AvgIpc) is 3.45. The molecule has 0 atom stereocenters. The number of esters is 1. The summed E-state index contributed by atoms with van der Waals surface area (Å²) in [6.45, 7) is 2.82. The lowest BCUT2D eigenvalue weighted by Crippen LogP contribution is -2.16. The molecule has 8 nitrogen and oxygen atoms in total. The van der Waals surface area contributed by atoms with E-state index in [0.717, 1.165) is 41.7 Å². The first-order chi connectivity index (χ1) is 15.5. The van der Waals surface area contributed by atoms with Crippen molar-refractivity contribution >= 4 is 40.0 Å². The van der Waals surface area contributed by atoms with Crippen LogP contribution in [0.3, 0.4) is 0 Å². The van der Waals surface area contributed by atoms with Gasteiger partial charge in [-0.2, -0.15) is 0 Å². The summed E-state index contributed by atoms with van der Waals surface area (Å²) in [6, 6.07) is 7.37. The molecule has 10 heteroatoms. The Labute approximate surface area is 194 Å². The molecule has 1 N–H and O–H groups in total. The molecule has 1 amide bonds. The predicted molar refractivity (Wildman–Crippen MR) is 125 cm³/mol. The van der Waals surface area contributed by atoms with Gasteiger partial charge in [0, 0.05) is 23.4 Å². The number of amides is 1. The van der Waals surface area contributed by atoms with Crippen molar-refractivity contribution in [1.29, 1.82) is 0 Å². The van der Waals surface area contributed by atoms with Gasteiger partial charge < -0.3 is 19.4 Å². The Hall–Kier alpha value is -2.85. The quantitative estimate of drug-likeness (QED) is 0.364. The Bertz CT molecular complexity index is 1120. The van der Waals surface area contributed by atoms with E-state index < -0.39 is 5.97 Å². The fraction of sp³-hybridized carbons (Fsp3) is 0.364. The number of nitrogens with one attached hydrogen (secondary N) is 1. The molecule has 0 aliphatic heterocycles. The molecular weight excluding hydrogens is 448 g/mol. The molecule has 0 spiro atoms. The highest BCUT2D eigenvalue weighted by Crippen LogP contribution is 2.40. The Balaban J connectivity index is 1.49. The van der Waals surface area contributed by atoms with E-state index >= 15 is 0 Å². The molecule has 0 radical (unpaired) electrons. The number of carbonyl (C=O) groups excluding carboxylic acids is 2. The third-order valence-electron chi connectivity index (χ3n) is 5.17. The normalized spacial score (nSPS) is 13.1. The summed E-state index contributed by atoms with van der Waals surface area (Å²) in [5.74, 6) is 1.67. The number of hydrogen-bond acceptors (Lipinski definition) is 8. The van der Waals surface area contributed by atoms with Crippen LogP contribution < -0.4 is 10.1 Å². The maximum absolute atomic E-state index is 12.7. The van der Waals surface area contributed by atoms with Crippen molar-refractivity contribution in [3.05, 3.63) is 41.0 Å². The van der Waals surface area contributed by atoms with Crippen LogP contribution in [0, 0.1) is 0 Å². The highest BCUT2D eigenvalue weighted by atomic mass is 32.2. The molecule has 1 saturated carbocycles. The van der Waals surface area contributed by atoms with Crippen LogP contribution in [0.15, 0.2) is 34.8 Å². The standard InChI is InChI=1S/C22H24N4O4S2/c1-4-26-19(14-5-6-14)24-25-22(26)32-12-17(27)23-20-18(21(28)30-3)16(11-31-20)13-7-9-15(29-2)10-8-13/h7-11,14H,4-6,12H2,1-3H3,(H,23,27). The minimum absolute atomic E-state index is 0.166. The molecule has 2 aromatic heterocycles. The number of thiophene rings is 1. The highest BCUT2D eigenvalue weighted by Gasteiger charge is 2.30. The number of rotatable bonds is 9. The Morgan fingerprint density at radius 2 is 1.97 bits per heavy atom. The van der Waals surface area contributed by atoms with Gasteiger partial charge in [0.05, 0.1) is 20.0 Å². The maximum Gasteiger partial charge on any atom is 0.341 e. The Kier molecular flexibility index (Phi) is 6.80. The Morgan fingerprint density at radius 3 is 2.59 bits per heavy atom. The molecular formula is C22H24N4O4S2. The fourth-order valence-corrected chi connectivity index (χ4v) is 5.16. The Morgan fingerprint density at radius 1 is 1.22 bits per heavy atom. The van der Waals surface area contributed by atoms with Crippen LogP contribution in [-0.4, -0.2) is 46.6 Å². The second kappa shape index (κ2) is 9.74. The third kappa shape index (κ3) is 4.66. The summed E-state index contributed by atoms with van der Waals surface area (Å²) in [7, 11) is 2.93. The van der Waals surface area contributed by atoms with Crippen molar-refractivity contribution in [2.24, 2.45) is 0 Å². The number of ether oxygens (including phenoxy) is 2. The smallest absolute Gasteiger partial charge is 0.341 e. The van der Waals surface area contributed by atoms with E-state index in [4.69, 9.17) is 9.47 Å². The largest absolute Gasteiger partial charge is 0.497 e. The van der Waals surface area contributed by atoms with E-state index in [1.807, 2.05) is 36.6 Å². The van der Waals surface area contributed by atoms with Crippen molar-refractivity contribution in [3.8, 4) is 16.9 Å². The van der Waals surface area contributed by atoms with Crippen LogP contribution in [0.5, 0.6) is 5.75 Å². The molecule has 168 valence electrons. The number of hydrogen-bond donors (Lipinski definition) is 1. The highest BCUT2D eigenvalue weighted by molar-refractivity contribution is 7.99. The van der Waals surface area contributed by atoms with Gasteiger partial charge in [-0.3, -0.25) is 4.79 Å². The van der Waals surface area contributed by atoms with Gasteiger partial charge >= 0.3 is 5.97 Å². The molecule has 0 bridgehead atoms. The van der Waals surface area contributed by atoms with Gasteiger partial charge in [-0.15, -0.1) is 21.5 Å². The molecule has 32 heavy (non-hydrogen) atoms. The van der Waals surface area contributed by atoms with Crippen molar-refractivity contribution in [2.75, 3.05) is 25.3 Å². The van der Waals surface area contributed by atoms with Crippen LogP contribution in [0.4, 0.5) is 5.00 Å². The number of methoxy groups -OCH3 is 2. The summed E-state index contributed by atoms with van der Waals surface area (Å²) in [6.07, 6.45) is 2.29. The molecule has 1 fully saturated rings. The molecule has 1 aliphatic carbocycles. The first kappa shape index (κ1) is 22.3. The van der Waals surface area contributed by atoms with Crippen LogP contribution in [0.2, 0.25) is 0 Å². The molecule has 0 saturated heterocycles. The predicted octanol–water partition coefficient (Wildman–Crippen LogP) is 4.43. The fourth-order valence-electron chi connectivity index (χ4n) is 3.38. The zero-order valence-electron chi connectivity index (χ0n) is 18.1. The minimum atomic E-state index is -0.500. The summed E-state index contributed by atoms with van der Waals surface area (Å²) < 4.78 is 12.3. The van der Waals surface area contributed by atoms with Gasteiger partial charge in [0.1, 0.15) is 22.1 Å². The van der Waals surface area contributed by atoms with Crippen molar-refractivity contribution in [3.63, 3.8) is 0 Å². The van der Waals surface area contributed by atoms with Gasteiger partial charge in [-0.05, 0) is 37.5 Å². The second-order valence-corrected chi connectivity index (χ2v) is 9.09. The number of aromatic nitrogens is 3. The average molecular weight is 473 g/mol. The lowest BCUT2D eigenvalue weighted by molar-refractivity contribution is -0.113. The first-order valence-corrected chi connectivity index (χ1v) is 12.1. The SMILES string of the molecule is CCn1c(SCC(=O)Nc2scc(-c3ccc(OC)cc3)c2C(=O)OC)nnc1C1CC1. The summed E-state index contributed by atoms with van der Waals surface area (Å²) in [5.41, 5.74) is 1.88. The van der Waals surface area contributed by atoms with Crippen LogP contribution >= 0.6 is 23.1 Å². The van der Waals surface area contributed by atoms with E-state index in [-0.39, 0.29) is 11.7 Å². The van der Waals surface area contributed by atoms with Crippen molar-refractivity contribution in [1.82, 2.24) is 14.8 Å². The number of carbonyl (C=O) groups is 2. The zero-order chi connectivity index (χ0) is 22.7. The summed E-state index contributed by atoms with van der Waals surface area (Å²) in [4.78, 5) is 25.2. The molecule has 0 unspecified atom stereocenters. The maximum atomic E-state index is 12.7. The van der Waals surface area contributed by atoms with E-state index in [2.05, 4.69) is 20.1 Å². The van der Waals surface area contributed by atoms with Crippen LogP contribution in [-0.2, 0) is 16.1 Å². The lowest BCUT2D eigenvalue weighted by Gasteiger charge is -2.09. The van der Waals surface area contributed by atoms with Crippen LogP contribution in [0.1, 0.15) is 41.9 Å². The topological polar surface area (TPSA) is 95.3 Å². The number of anilines is 1. The monoisotopic (exact) mass is 472 g/mol. The molecule has 3 aromatic rings. The number of thioether (sulfide) groups is 1. The number of nitrogens with zero attached hydrogens (tertiary/aromatic N) is 3. The minimum Gasteiger partial charge on any atom is -0.497 e. The van der Waals surface area contributed by atoms with Gasteiger partial charge in [-0.25, -0.2) is 4.79 Å². The molecule has 1 aromatic carbocycles. The first-order valence-electron chi connectivity index (χ1n) is 10.3. The molecule has 2 heterocycles. The van der Waals surface area contributed by atoms with E-state index in [1.54, 1.807) is 7.11 Å². The van der Waals surface area contributed by atoms with Gasteiger partial charge in [0.25, 0.3) is 0 Å². The van der Waals surface area contributed by atoms with Gasteiger partial charge in [0.15, 0.2) is 5.16 Å². The van der Waals surface area contributed by atoms with Crippen LogP contribution in [0.25, 0.3) is 11.1 Å². The molecule has 1 aliphatic rings. The van der Waals surface area contributed by atoms with E-state index in [1.165, 1.54) is 30.2 Å². The van der Waals surface area contributed by atoms with E-state index in [0.29, 0.717) is 22.0 Å². The summed E-state index contributed by atoms with van der Waals surface area (Å²) in [5, 5.41) is 14.5. The lowest BCUT2D eigenvalue weighted by atomic mass is 10.0. The van der Waals surface area contributed by atoms with Crippen molar-refractivity contribution < 1.29 is 19.1 Å².